The van der Waals surface area contributed by atoms with Crippen LogP contribution in [0.15, 0.2) is 46.9 Å². The maximum absolute atomic E-state index is 12.1. The summed E-state index contributed by atoms with van der Waals surface area (Å²) in [6.07, 6.45) is 0. The van der Waals surface area contributed by atoms with Crippen LogP contribution in [-0.4, -0.2) is 11.0 Å². The van der Waals surface area contributed by atoms with Crippen molar-refractivity contribution in [3.63, 3.8) is 0 Å². The van der Waals surface area contributed by atoms with Gasteiger partial charge < -0.3 is 10.4 Å². The van der Waals surface area contributed by atoms with Crippen molar-refractivity contribution >= 4 is 21.8 Å². The number of amides is 1. The first-order valence-corrected chi connectivity index (χ1v) is 7.12. The van der Waals surface area contributed by atoms with Crippen LogP contribution in [0.1, 0.15) is 27.0 Å². The summed E-state index contributed by atoms with van der Waals surface area (Å²) in [5.41, 5.74) is 3.48. The van der Waals surface area contributed by atoms with Crippen LogP contribution in [0.3, 0.4) is 0 Å². The number of nitrogens with one attached hydrogen (secondary N) is 1. The third-order valence-electron chi connectivity index (χ3n) is 3.10. The van der Waals surface area contributed by atoms with E-state index in [-0.39, 0.29) is 12.5 Å². The van der Waals surface area contributed by atoms with Crippen molar-refractivity contribution in [1.82, 2.24) is 5.32 Å². The van der Waals surface area contributed by atoms with Gasteiger partial charge in [-0.05, 0) is 35.7 Å². The summed E-state index contributed by atoms with van der Waals surface area (Å²) in [5.74, 6) is -0.0879. The molecule has 0 aromatic heterocycles. The van der Waals surface area contributed by atoms with Crippen molar-refractivity contribution < 1.29 is 9.90 Å². The summed E-state index contributed by atoms with van der Waals surface area (Å²) in [5, 5.41) is 11.9. The molecule has 0 aliphatic rings. The molecule has 20 heavy (non-hydrogen) atoms. The molecule has 0 saturated carbocycles. The molecule has 104 valence electrons. The highest BCUT2D eigenvalue weighted by molar-refractivity contribution is 9.10. The summed E-state index contributed by atoms with van der Waals surface area (Å²) < 4.78 is 0.889. The molecular weight excluding hydrogens is 318 g/mol. The maximum Gasteiger partial charge on any atom is 0.251 e. The van der Waals surface area contributed by atoms with E-state index in [2.05, 4.69) is 21.2 Å². The number of rotatable bonds is 4. The Hall–Kier alpha value is -1.65. The number of carbonyl (C=O) groups is 1. The molecule has 2 aromatic rings. The molecule has 0 aliphatic carbocycles. The van der Waals surface area contributed by atoms with Gasteiger partial charge in [-0.15, -0.1) is 0 Å². The van der Waals surface area contributed by atoms with Crippen LogP contribution in [0.4, 0.5) is 0 Å². The van der Waals surface area contributed by atoms with Crippen LogP contribution < -0.4 is 5.32 Å². The van der Waals surface area contributed by atoms with E-state index in [1.165, 1.54) is 0 Å². The molecule has 0 radical (unpaired) electrons. The van der Waals surface area contributed by atoms with Crippen molar-refractivity contribution in [2.75, 3.05) is 0 Å². The molecule has 3 nitrogen and oxygen atoms in total. The summed E-state index contributed by atoms with van der Waals surface area (Å²) in [6.45, 7) is 2.41. The lowest BCUT2D eigenvalue weighted by Crippen LogP contribution is -2.23. The van der Waals surface area contributed by atoms with E-state index in [4.69, 9.17) is 5.11 Å². The number of aryl methyl sites for hydroxylation is 1. The van der Waals surface area contributed by atoms with E-state index in [0.717, 1.165) is 21.2 Å². The Labute approximate surface area is 126 Å². The number of hydrogen-bond donors (Lipinski definition) is 2. The van der Waals surface area contributed by atoms with Gasteiger partial charge in [0.25, 0.3) is 5.91 Å². The van der Waals surface area contributed by atoms with E-state index >= 15 is 0 Å². The first kappa shape index (κ1) is 14.8. The number of carbonyl (C=O) groups excluding carboxylic acids is 1. The minimum absolute atomic E-state index is 0.0316. The molecule has 0 atom stereocenters. The maximum atomic E-state index is 12.1. The Morgan fingerprint density at radius 1 is 1.15 bits per heavy atom. The second-order valence-corrected chi connectivity index (χ2v) is 5.53. The molecule has 0 bridgehead atoms. The molecule has 1 amide bonds. The minimum Gasteiger partial charge on any atom is -0.392 e. The molecule has 2 rings (SSSR count). The highest BCUT2D eigenvalue weighted by atomic mass is 79.9. The van der Waals surface area contributed by atoms with Crippen LogP contribution in [0.5, 0.6) is 0 Å². The quantitative estimate of drug-likeness (QED) is 0.902. The van der Waals surface area contributed by atoms with E-state index in [1.807, 2.05) is 49.4 Å². The van der Waals surface area contributed by atoms with Gasteiger partial charge in [0.1, 0.15) is 0 Å². The Balaban J connectivity index is 2.02. The second-order valence-electron chi connectivity index (χ2n) is 4.62. The number of aliphatic hydroxyl groups excluding tert-OH is 1. The zero-order valence-corrected chi connectivity index (χ0v) is 12.8. The van der Waals surface area contributed by atoms with E-state index in [1.54, 1.807) is 0 Å². The molecule has 0 saturated heterocycles. The molecule has 0 heterocycles. The lowest BCUT2D eigenvalue weighted by Gasteiger charge is -2.08. The highest BCUT2D eigenvalue weighted by Gasteiger charge is 2.09. The van der Waals surface area contributed by atoms with Crippen molar-refractivity contribution in [2.24, 2.45) is 0 Å². The molecule has 4 heteroatoms. The van der Waals surface area contributed by atoms with Crippen LogP contribution in [-0.2, 0) is 13.2 Å². The van der Waals surface area contributed by atoms with Gasteiger partial charge in [-0.1, -0.05) is 46.3 Å². The molecule has 2 N–H and O–H groups in total. The van der Waals surface area contributed by atoms with Crippen molar-refractivity contribution in [1.29, 1.82) is 0 Å². The van der Waals surface area contributed by atoms with Gasteiger partial charge in [-0.3, -0.25) is 4.79 Å². The fourth-order valence-corrected chi connectivity index (χ4v) is 2.24. The van der Waals surface area contributed by atoms with E-state index in [9.17, 15) is 4.79 Å². The molecule has 0 aliphatic heterocycles. The molecule has 0 unspecified atom stereocenters. The third kappa shape index (κ3) is 3.68. The number of halogens is 1. The van der Waals surface area contributed by atoms with E-state index < -0.39 is 0 Å². The topological polar surface area (TPSA) is 49.3 Å². The normalized spacial score (nSPS) is 10.3. The third-order valence-corrected chi connectivity index (χ3v) is 3.60. The van der Waals surface area contributed by atoms with E-state index in [0.29, 0.717) is 12.1 Å². The number of benzene rings is 2. The van der Waals surface area contributed by atoms with Crippen molar-refractivity contribution in [3.8, 4) is 0 Å². The summed E-state index contributed by atoms with van der Waals surface area (Å²) in [7, 11) is 0. The number of hydrogen-bond acceptors (Lipinski definition) is 2. The van der Waals surface area contributed by atoms with Gasteiger partial charge in [0.15, 0.2) is 0 Å². The zero-order valence-electron chi connectivity index (χ0n) is 11.2. The van der Waals surface area contributed by atoms with Gasteiger partial charge in [0, 0.05) is 16.6 Å². The van der Waals surface area contributed by atoms with Crippen molar-refractivity contribution in [2.45, 2.75) is 20.1 Å². The minimum atomic E-state index is -0.0879. The van der Waals surface area contributed by atoms with Crippen molar-refractivity contribution in [3.05, 3.63) is 69.2 Å². The lowest BCUT2D eigenvalue weighted by molar-refractivity contribution is 0.0950. The molecule has 0 fully saturated rings. The predicted octanol–water partition coefficient (Wildman–Crippen LogP) is 3.18. The lowest BCUT2D eigenvalue weighted by atomic mass is 10.1. The fourth-order valence-electron chi connectivity index (χ4n) is 1.88. The Morgan fingerprint density at radius 3 is 2.45 bits per heavy atom. The highest BCUT2D eigenvalue weighted by Crippen LogP contribution is 2.16. The average molecular weight is 334 g/mol. The summed E-state index contributed by atoms with van der Waals surface area (Å²) in [6, 6.07) is 13.2. The largest absolute Gasteiger partial charge is 0.392 e. The fraction of sp³-hybridized carbons (Fsp3) is 0.188. The van der Waals surface area contributed by atoms with Gasteiger partial charge >= 0.3 is 0 Å². The summed E-state index contributed by atoms with van der Waals surface area (Å²) in [4.78, 5) is 12.1. The Kier molecular flexibility index (Phi) is 4.93. The monoisotopic (exact) mass is 333 g/mol. The average Bonchev–Trinajstić information content (AvgIpc) is 2.47. The summed E-state index contributed by atoms with van der Waals surface area (Å²) >= 11 is 3.37. The van der Waals surface area contributed by atoms with Crippen LogP contribution in [0.2, 0.25) is 0 Å². The van der Waals surface area contributed by atoms with Gasteiger partial charge in [0.05, 0.1) is 6.61 Å². The Morgan fingerprint density at radius 2 is 1.80 bits per heavy atom. The smallest absolute Gasteiger partial charge is 0.251 e. The zero-order chi connectivity index (χ0) is 14.5. The molecular formula is C16H16BrNO2. The van der Waals surface area contributed by atoms with Gasteiger partial charge in [-0.2, -0.15) is 0 Å². The van der Waals surface area contributed by atoms with Crippen LogP contribution in [0.25, 0.3) is 0 Å². The van der Waals surface area contributed by atoms with Gasteiger partial charge in [0.2, 0.25) is 0 Å². The first-order valence-electron chi connectivity index (χ1n) is 6.33. The van der Waals surface area contributed by atoms with Gasteiger partial charge in [-0.25, -0.2) is 0 Å². The second kappa shape index (κ2) is 6.68. The first-order chi connectivity index (χ1) is 9.60. The Bertz CT molecular complexity index is 608. The van der Waals surface area contributed by atoms with Crippen LogP contribution >= 0.6 is 15.9 Å². The van der Waals surface area contributed by atoms with Crippen LogP contribution in [0, 0.1) is 6.92 Å². The predicted molar refractivity (Wildman–Crippen MR) is 82.4 cm³/mol. The molecule has 2 aromatic carbocycles. The SMILES string of the molecule is Cc1ccc(Br)cc1C(=O)NCc1ccc(CO)cc1. The standard InChI is InChI=1S/C16H16BrNO2/c1-11-2-7-14(17)8-15(11)16(20)18-9-12-3-5-13(10-19)6-4-12/h2-8,19H,9-10H2,1H3,(H,18,20). The number of aliphatic hydroxyl groups is 1. The molecule has 0 spiro atoms.